The number of esters is 1. The van der Waals surface area contributed by atoms with Crippen molar-refractivity contribution in [3.8, 4) is 5.75 Å². The second-order valence-electron chi connectivity index (χ2n) is 5.51. The molecule has 1 N–H and O–H groups in total. The number of carbonyl (C=O) groups excluding carboxylic acids is 3. The molecule has 8 heteroatoms. The second-order valence-corrected chi connectivity index (χ2v) is 5.51. The van der Waals surface area contributed by atoms with Gasteiger partial charge in [-0.2, -0.15) is 0 Å². The van der Waals surface area contributed by atoms with Gasteiger partial charge in [-0.3, -0.25) is 24.1 Å². The predicted octanol–water partition coefficient (Wildman–Crippen LogP) is 1.41. The number of carboxylic acid groups (broad SMARTS) is 1. The van der Waals surface area contributed by atoms with Gasteiger partial charge in [-0.15, -0.1) is 0 Å². The molecule has 0 saturated heterocycles. The summed E-state index contributed by atoms with van der Waals surface area (Å²) in [6, 6.07) is 4.50. The summed E-state index contributed by atoms with van der Waals surface area (Å²) >= 11 is 0. The molecule has 1 heterocycles. The molecular formula is C17H19NO7. The molecule has 0 spiro atoms. The van der Waals surface area contributed by atoms with Gasteiger partial charge in [0.15, 0.2) is 11.9 Å². The number of Topliss-reactive ketones (excluding diaryl/α,β-unsaturated/α-hetero) is 1. The number of aliphatic carboxylic acids is 1. The number of rotatable bonds is 7. The molecule has 1 unspecified atom stereocenters. The van der Waals surface area contributed by atoms with Crippen LogP contribution in [0.5, 0.6) is 5.75 Å². The Balaban J connectivity index is 2.35. The first kappa shape index (κ1) is 18.4. The smallest absolute Gasteiger partial charge is 0.325 e. The van der Waals surface area contributed by atoms with Crippen molar-refractivity contribution in [2.45, 2.75) is 32.3 Å². The van der Waals surface area contributed by atoms with Crippen molar-refractivity contribution in [2.24, 2.45) is 0 Å². The first-order valence-electron chi connectivity index (χ1n) is 7.81. The summed E-state index contributed by atoms with van der Waals surface area (Å²) in [6.45, 7) is 1.49. The fourth-order valence-corrected chi connectivity index (χ4v) is 2.48. The van der Waals surface area contributed by atoms with Crippen LogP contribution < -0.4 is 9.64 Å². The van der Waals surface area contributed by atoms with E-state index in [1.54, 1.807) is 13.0 Å². The Bertz CT molecular complexity index is 713. The fraction of sp³-hybridized carbons (Fsp3) is 0.412. The van der Waals surface area contributed by atoms with Gasteiger partial charge in [-0.25, -0.2) is 0 Å². The van der Waals surface area contributed by atoms with E-state index in [1.807, 2.05) is 0 Å². The standard InChI is InChI=1S/C17H19NO7/c1-3-13-17(23)18(9-16(22)24-2)11-8-10(4-6-14(11)25-13)12(19)5-7-15(20)21/h4,6,8,13H,3,5,7,9H2,1-2H3,(H,20,21). The van der Waals surface area contributed by atoms with E-state index in [-0.39, 0.29) is 30.7 Å². The van der Waals surface area contributed by atoms with Crippen LogP contribution in [0, 0.1) is 0 Å². The Kier molecular flexibility index (Phi) is 5.74. The minimum atomic E-state index is -1.07. The van der Waals surface area contributed by atoms with Crippen molar-refractivity contribution in [3.05, 3.63) is 23.8 Å². The van der Waals surface area contributed by atoms with E-state index in [0.29, 0.717) is 17.9 Å². The minimum absolute atomic E-state index is 0.155. The number of hydrogen-bond donors (Lipinski definition) is 1. The number of carbonyl (C=O) groups is 4. The van der Waals surface area contributed by atoms with Crippen molar-refractivity contribution >= 4 is 29.3 Å². The van der Waals surface area contributed by atoms with E-state index < -0.39 is 23.9 Å². The number of hydrogen-bond acceptors (Lipinski definition) is 6. The SMILES string of the molecule is CCC1Oc2ccc(C(=O)CCC(=O)O)cc2N(CC(=O)OC)C1=O. The Morgan fingerprint density at radius 3 is 2.60 bits per heavy atom. The van der Waals surface area contributed by atoms with Crippen LogP contribution in [0.4, 0.5) is 5.69 Å². The van der Waals surface area contributed by atoms with Gasteiger partial charge in [0, 0.05) is 12.0 Å². The predicted molar refractivity (Wildman–Crippen MR) is 86.7 cm³/mol. The van der Waals surface area contributed by atoms with Crippen LogP contribution in [0.2, 0.25) is 0 Å². The number of fused-ring (bicyclic) bond motifs is 1. The summed E-state index contributed by atoms with van der Waals surface area (Å²) in [7, 11) is 1.22. The van der Waals surface area contributed by atoms with Gasteiger partial charge in [-0.1, -0.05) is 6.92 Å². The van der Waals surface area contributed by atoms with Crippen LogP contribution in [0.1, 0.15) is 36.5 Å². The van der Waals surface area contributed by atoms with E-state index in [4.69, 9.17) is 9.84 Å². The molecule has 8 nitrogen and oxygen atoms in total. The van der Waals surface area contributed by atoms with Crippen molar-refractivity contribution in [3.63, 3.8) is 0 Å². The van der Waals surface area contributed by atoms with Gasteiger partial charge in [0.25, 0.3) is 5.91 Å². The number of amides is 1. The van der Waals surface area contributed by atoms with Gasteiger partial charge in [0.1, 0.15) is 12.3 Å². The van der Waals surface area contributed by atoms with Gasteiger partial charge < -0.3 is 14.6 Å². The minimum Gasteiger partial charge on any atom is -0.481 e. The summed E-state index contributed by atoms with van der Waals surface area (Å²) < 4.78 is 10.2. The lowest BCUT2D eigenvalue weighted by atomic mass is 10.0. The Morgan fingerprint density at radius 2 is 2.00 bits per heavy atom. The topological polar surface area (TPSA) is 110 Å². The number of benzene rings is 1. The normalized spacial score (nSPS) is 16.0. The number of ketones is 1. The van der Waals surface area contributed by atoms with Crippen LogP contribution in [0.15, 0.2) is 18.2 Å². The van der Waals surface area contributed by atoms with E-state index >= 15 is 0 Å². The van der Waals surface area contributed by atoms with Gasteiger partial charge in [-0.05, 0) is 24.6 Å². The Morgan fingerprint density at radius 1 is 1.28 bits per heavy atom. The number of carboxylic acids is 1. The second kappa shape index (κ2) is 7.78. The highest BCUT2D eigenvalue weighted by molar-refractivity contribution is 6.05. The van der Waals surface area contributed by atoms with Crippen molar-refractivity contribution in [1.82, 2.24) is 0 Å². The summed E-state index contributed by atoms with van der Waals surface area (Å²) in [6.07, 6.45) is -0.729. The molecular weight excluding hydrogens is 330 g/mol. The largest absolute Gasteiger partial charge is 0.481 e. The highest BCUT2D eigenvalue weighted by atomic mass is 16.5. The summed E-state index contributed by atoms with van der Waals surface area (Å²) in [4.78, 5) is 48.1. The molecule has 1 aliphatic heterocycles. The van der Waals surface area contributed by atoms with E-state index in [2.05, 4.69) is 4.74 Å². The molecule has 2 rings (SSSR count). The van der Waals surface area contributed by atoms with Crippen molar-refractivity contribution in [1.29, 1.82) is 0 Å². The van der Waals surface area contributed by atoms with E-state index in [1.165, 1.54) is 24.1 Å². The highest BCUT2D eigenvalue weighted by Gasteiger charge is 2.35. The molecule has 0 radical (unpaired) electrons. The molecule has 1 aliphatic rings. The zero-order valence-electron chi connectivity index (χ0n) is 14.0. The van der Waals surface area contributed by atoms with Crippen LogP contribution in [-0.2, 0) is 19.1 Å². The lowest BCUT2D eigenvalue weighted by molar-refractivity contribution is -0.141. The highest BCUT2D eigenvalue weighted by Crippen LogP contribution is 2.35. The van der Waals surface area contributed by atoms with E-state index in [0.717, 1.165) is 0 Å². The lowest BCUT2D eigenvalue weighted by Gasteiger charge is -2.33. The van der Waals surface area contributed by atoms with Gasteiger partial charge in [0.2, 0.25) is 0 Å². The maximum atomic E-state index is 12.5. The molecule has 0 aliphatic carbocycles. The van der Waals surface area contributed by atoms with Crippen LogP contribution in [0.3, 0.4) is 0 Å². The average molecular weight is 349 g/mol. The zero-order chi connectivity index (χ0) is 18.6. The molecule has 1 aromatic carbocycles. The molecule has 1 atom stereocenters. The molecule has 1 aromatic rings. The van der Waals surface area contributed by atoms with Crippen molar-refractivity contribution < 1.29 is 33.8 Å². The third kappa shape index (κ3) is 4.14. The molecule has 1 amide bonds. The maximum Gasteiger partial charge on any atom is 0.325 e. The monoisotopic (exact) mass is 349 g/mol. The fourth-order valence-electron chi connectivity index (χ4n) is 2.48. The number of methoxy groups -OCH3 is 1. The Labute approximate surface area is 144 Å². The summed E-state index contributed by atoms with van der Waals surface area (Å²) in [5.41, 5.74) is 0.544. The Hall–Kier alpha value is -2.90. The quantitative estimate of drug-likeness (QED) is 0.585. The third-order valence-electron chi connectivity index (χ3n) is 3.83. The molecule has 0 saturated carbocycles. The first-order valence-corrected chi connectivity index (χ1v) is 7.81. The third-order valence-corrected chi connectivity index (χ3v) is 3.83. The molecule has 25 heavy (non-hydrogen) atoms. The van der Waals surface area contributed by atoms with Gasteiger partial charge >= 0.3 is 11.9 Å². The van der Waals surface area contributed by atoms with Crippen LogP contribution in [-0.4, -0.2) is 48.5 Å². The molecule has 0 bridgehead atoms. The van der Waals surface area contributed by atoms with Crippen molar-refractivity contribution in [2.75, 3.05) is 18.6 Å². The van der Waals surface area contributed by atoms with Crippen LogP contribution >= 0.6 is 0 Å². The number of anilines is 1. The van der Waals surface area contributed by atoms with E-state index in [9.17, 15) is 19.2 Å². The summed E-state index contributed by atoms with van der Waals surface area (Å²) in [5.74, 6) is -2.05. The summed E-state index contributed by atoms with van der Waals surface area (Å²) in [5, 5.41) is 8.68. The molecule has 134 valence electrons. The zero-order valence-corrected chi connectivity index (χ0v) is 14.0. The first-order chi connectivity index (χ1) is 11.9. The number of ether oxygens (including phenoxy) is 2. The molecule has 0 aromatic heterocycles. The maximum absolute atomic E-state index is 12.5. The molecule has 0 fully saturated rings. The van der Waals surface area contributed by atoms with Gasteiger partial charge in [0.05, 0.1) is 19.2 Å². The van der Waals surface area contributed by atoms with Crippen LogP contribution in [0.25, 0.3) is 0 Å². The number of nitrogens with zero attached hydrogens (tertiary/aromatic N) is 1. The lowest BCUT2D eigenvalue weighted by Crippen LogP contribution is -2.48. The average Bonchev–Trinajstić information content (AvgIpc) is 2.60.